The molecule has 9 heteroatoms. The number of carboxylic acid groups (broad SMARTS) is 1. The molecule has 44 heavy (non-hydrogen) atoms. The molecule has 0 bridgehead atoms. The Labute approximate surface area is 273 Å². The van der Waals surface area contributed by atoms with Crippen molar-refractivity contribution >= 4 is 27.9 Å². The Morgan fingerprint density at radius 3 is 2.14 bits per heavy atom. The third-order valence-electron chi connectivity index (χ3n) is 12.3. The van der Waals surface area contributed by atoms with E-state index >= 15 is 0 Å². The number of aliphatic hydroxyl groups is 3. The Kier molecular flexibility index (Phi) is 12.0. The van der Waals surface area contributed by atoms with E-state index < -0.39 is 24.1 Å². The average molecular weight is 685 g/mol. The minimum Gasteiger partial charge on any atom is -0.478 e. The molecule has 0 saturated heterocycles. The summed E-state index contributed by atoms with van der Waals surface area (Å²) in [5.74, 6) is -0.977. The minimum atomic E-state index is -0.969. The van der Waals surface area contributed by atoms with Crippen LogP contribution in [-0.4, -0.2) is 82.8 Å². The molecule has 0 aromatic heterocycles. The topological polar surface area (TPSA) is 128 Å². The summed E-state index contributed by atoms with van der Waals surface area (Å²) in [4.78, 5) is 26.9. The van der Waals surface area contributed by atoms with Gasteiger partial charge in [-0.3, -0.25) is 4.79 Å². The number of rotatable bonds is 7. The zero-order valence-electron chi connectivity index (χ0n) is 28.5. The van der Waals surface area contributed by atoms with Crippen LogP contribution >= 0.6 is 15.9 Å². The first kappa shape index (κ1) is 37.2. The number of halogens is 1. The predicted octanol–water partition coefficient (Wildman–Crippen LogP) is 5.93. The maximum atomic E-state index is 12.7. The number of ether oxygens (including phenoxy) is 1. The molecule has 1 unspecified atom stereocenters. The van der Waals surface area contributed by atoms with Crippen LogP contribution in [0.5, 0.6) is 0 Å². The molecule has 0 aromatic rings. The van der Waals surface area contributed by atoms with Crippen LogP contribution in [-0.2, 0) is 14.3 Å². The Balaban J connectivity index is 0.000000801. The van der Waals surface area contributed by atoms with Crippen molar-refractivity contribution in [3.8, 4) is 0 Å². The van der Waals surface area contributed by atoms with Crippen molar-refractivity contribution in [3.05, 3.63) is 21.2 Å². The van der Waals surface area contributed by atoms with Gasteiger partial charge in [0.15, 0.2) is 0 Å². The fourth-order valence-electron chi connectivity index (χ4n) is 9.97. The number of likely N-dealkylation sites (N-methyl/N-ethyl adjacent to an activating group) is 1. The van der Waals surface area contributed by atoms with Gasteiger partial charge in [0.1, 0.15) is 6.10 Å². The molecule has 4 N–H and O–H groups in total. The van der Waals surface area contributed by atoms with Crippen molar-refractivity contribution in [2.24, 2.45) is 39.9 Å². The number of hydrogen-bond acceptors (Lipinski definition) is 7. The Morgan fingerprint density at radius 2 is 1.64 bits per heavy atom. The highest BCUT2D eigenvalue weighted by Crippen LogP contribution is 2.74. The number of allylic oxidation sites excluding steroid dienone is 2. The molecule has 10 atom stereocenters. The lowest BCUT2D eigenvalue weighted by atomic mass is 9.36. The molecular weight excluding hydrogens is 626 g/mol. The fourth-order valence-corrected chi connectivity index (χ4v) is 10.2. The van der Waals surface area contributed by atoms with Gasteiger partial charge in [-0.25, -0.2) is 4.79 Å². The van der Waals surface area contributed by atoms with Crippen molar-refractivity contribution in [2.75, 3.05) is 27.2 Å². The van der Waals surface area contributed by atoms with Crippen molar-refractivity contribution in [2.45, 2.75) is 118 Å². The van der Waals surface area contributed by atoms with E-state index in [0.29, 0.717) is 42.7 Å². The van der Waals surface area contributed by atoms with Gasteiger partial charge in [-0.15, -0.1) is 0 Å². The molecule has 4 aliphatic rings. The highest BCUT2D eigenvalue weighted by Gasteiger charge is 2.70. The van der Waals surface area contributed by atoms with Crippen LogP contribution in [0.25, 0.3) is 0 Å². The van der Waals surface area contributed by atoms with Gasteiger partial charge in [-0.2, -0.15) is 0 Å². The molecule has 0 spiro atoms. The summed E-state index contributed by atoms with van der Waals surface area (Å²) >= 11 is 3.60. The number of carboxylic acids is 1. The van der Waals surface area contributed by atoms with Crippen LogP contribution < -0.4 is 0 Å². The molecule has 4 rings (SSSR count). The second kappa shape index (κ2) is 14.2. The molecule has 0 radical (unpaired) electrons. The summed E-state index contributed by atoms with van der Waals surface area (Å²) in [6, 6.07) is 0. The summed E-state index contributed by atoms with van der Waals surface area (Å²) in [5.41, 5.74) is 1.45. The van der Waals surface area contributed by atoms with Gasteiger partial charge in [0.05, 0.1) is 18.8 Å². The van der Waals surface area contributed by atoms with Gasteiger partial charge < -0.3 is 30.1 Å². The Morgan fingerprint density at radius 1 is 1.00 bits per heavy atom. The molecule has 0 heterocycles. The number of fused-ring (bicyclic) bond motifs is 5. The highest BCUT2D eigenvalue weighted by atomic mass is 79.9. The van der Waals surface area contributed by atoms with Gasteiger partial charge in [0.25, 0.3) is 0 Å². The summed E-state index contributed by atoms with van der Waals surface area (Å²) < 4.78 is 6.87. The SMILES string of the molecule is CC(=O)O[C@H]1C[C@@]2(C)[C@H](C[C@@H](O)[C@@H]3[C@@]4(C)CC[C@@H](O)[C@@H](C)C4CC[C@@]32C)C1=C(CCC(Br)=C(C)C)C(=O)O.CN(C)CCO. The van der Waals surface area contributed by atoms with E-state index in [2.05, 4.69) is 43.6 Å². The molecule has 252 valence electrons. The number of carbonyl (C=O) groups is 2. The van der Waals surface area contributed by atoms with E-state index in [1.165, 1.54) is 6.92 Å². The number of aliphatic hydroxyl groups excluding tert-OH is 3. The highest BCUT2D eigenvalue weighted by molar-refractivity contribution is 9.11. The second-order valence-electron chi connectivity index (χ2n) is 15.3. The van der Waals surface area contributed by atoms with E-state index in [1.54, 1.807) is 0 Å². The first-order valence-electron chi connectivity index (χ1n) is 16.4. The zero-order chi connectivity index (χ0) is 33.4. The summed E-state index contributed by atoms with van der Waals surface area (Å²) in [7, 11) is 3.85. The molecular formula is C35H58BrNO7. The van der Waals surface area contributed by atoms with Crippen molar-refractivity contribution in [3.63, 3.8) is 0 Å². The van der Waals surface area contributed by atoms with Gasteiger partial charge in [0, 0.05) is 19.0 Å². The molecule has 4 fully saturated rings. The number of esters is 1. The lowest BCUT2D eigenvalue weighted by Crippen LogP contribution is -2.65. The molecule has 4 aliphatic carbocycles. The molecule has 0 amide bonds. The zero-order valence-corrected chi connectivity index (χ0v) is 30.0. The third kappa shape index (κ3) is 6.87. The second-order valence-corrected chi connectivity index (χ2v) is 16.2. The summed E-state index contributed by atoms with van der Waals surface area (Å²) in [5, 5.41) is 41.2. The number of aliphatic carboxylic acids is 1. The summed E-state index contributed by atoms with van der Waals surface area (Å²) in [6.07, 6.45) is 3.99. The van der Waals surface area contributed by atoms with Crippen LogP contribution in [0.15, 0.2) is 21.2 Å². The number of carbonyl (C=O) groups excluding carboxylic acids is 1. The van der Waals surface area contributed by atoms with Gasteiger partial charge in [0.2, 0.25) is 0 Å². The first-order valence-corrected chi connectivity index (χ1v) is 17.2. The predicted molar refractivity (Wildman–Crippen MR) is 176 cm³/mol. The van der Waals surface area contributed by atoms with Gasteiger partial charge in [-0.1, -0.05) is 49.2 Å². The average Bonchev–Trinajstić information content (AvgIpc) is 3.18. The van der Waals surface area contributed by atoms with Crippen molar-refractivity contribution < 1.29 is 34.8 Å². The number of nitrogens with zero attached hydrogens (tertiary/aromatic N) is 1. The van der Waals surface area contributed by atoms with Crippen LogP contribution in [0, 0.1) is 39.9 Å². The third-order valence-corrected chi connectivity index (χ3v) is 13.5. The van der Waals surface area contributed by atoms with E-state index in [-0.39, 0.29) is 46.7 Å². The van der Waals surface area contributed by atoms with E-state index in [0.717, 1.165) is 42.3 Å². The largest absolute Gasteiger partial charge is 0.478 e. The molecule has 0 aromatic carbocycles. The quantitative estimate of drug-likeness (QED) is 0.192. The molecule has 4 saturated carbocycles. The maximum Gasteiger partial charge on any atom is 0.331 e. The van der Waals surface area contributed by atoms with E-state index in [9.17, 15) is 24.9 Å². The van der Waals surface area contributed by atoms with Gasteiger partial charge >= 0.3 is 11.9 Å². The lowest BCUT2D eigenvalue weighted by Gasteiger charge is -2.69. The van der Waals surface area contributed by atoms with Crippen LogP contribution in [0.4, 0.5) is 0 Å². The van der Waals surface area contributed by atoms with Crippen LogP contribution in [0.3, 0.4) is 0 Å². The summed E-state index contributed by atoms with van der Waals surface area (Å²) in [6.45, 7) is 15.4. The van der Waals surface area contributed by atoms with Crippen molar-refractivity contribution in [1.82, 2.24) is 4.90 Å². The van der Waals surface area contributed by atoms with Crippen molar-refractivity contribution in [1.29, 1.82) is 0 Å². The normalized spacial score (nSPS) is 40.5. The monoisotopic (exact) mass is 683 g/mol. The lowest BCUT2D eigenvalue weighted by molar-refractivity contribution is -0.234. The smallest absolute Gasteiger partial charge is 0.331 e. The van der Waals surface area contributed by atoms with Crippen LogP contribution in [0.1, 0.15) is 99.8 Å². The molecule has 8 nitrogen and oxygen atoms in total. The Bertz CT molecular complexity index is 1130. The number of hydrogen-bond donors (Lipinski definition) is 4. The van der Waals surface area contributed by atoms with Crippen LogP contribution in [0.2, 0.25) is 0 Å². The van der Waals surface area contributed by atoms with E-state index in [4.69, 9.17) is 9.84 Å². The minimum absolute atomic E-state index is 0.0374. The first-order chi connectivity index (χ1) is 20.3. The van der Waals surface area contributed by atoms with Gasteiger partial charge in [-0.05, 0) is 129 Å². The Hall–Kier alpha value is -1.26. The molecule has 0 aliphatic heterocycles. The van der Waals surface area contributed by atoms with E-state index in [1.807, 2.05) is 32.8 Å². The fraction of sp³-hybridized carbons (Fsp3) is 0.829. The maximum absolute atomic E-state index is 12.7. The standard InChI is InChI=1S/C31H47BrO6.C4H11NO/c1-16(2)22(32)9-8-19(28(36)37)26-21-14-24(35)27-29(5)12-11-23(34)17(3)20(29)10-13-30(27,6)31(21,7)15-25(26)38-18(4)33;1-5(2)3-4-6/h17,20-21,23-25,27,34-35H,8-15H2,1-7H3,(H,36,37);6H,3-4H2,1-2H3/t17-,20?,21+,23+,24+,25-,27+,29-,30-,31-;/m0./s1.